The molecule has 0 aliphatic carbocycles. The average molecular weight is 412 g/mol. The van der Waals surface area contributed by atoms with Crippen LogP contribution in [0.1, 0.15) is 40.9 Å². The van der Waals surface area contributed by atoms with Gasteiger partial charge in [0.05, 0.1) is 12.0 Å². The van der Waals surface area contributed by atoms with Crippen LogP contribution in [0.4, 0.5) is 5.69 Å². The van der Waals surface area contributed by atoms with Crippen LogP contribution in [0.15, 0.2) is 78.9 Å². The molecule has 4 nitrogen and oxygen atoms in total. The molecule has 31 heavy (non-hydrogen) atoms. The average Bonchev–Trinajstić information content (AvgIpc) is 2.98. The monoisotopic (exact) mass is 411 g/mol. The highest BCUT2D eigenvalue weighted by atomic mass is 16.5. The number of benzene rings is 3. The van der Waals surface area contributed by atoms with Gasteiger partial charge in [-0.15, -0.1) is 0 Å². The number of fused-ring (bicyclic) bond motifs is 2. The van der Waals surface area contributed by atoms with Gasteiger partial charge in [-0.05, 0) is 55.8 Å². The summed E-state index contributed by atoms with van der Waals surface area (Å²) >= 11 is 0. The Morgan fingerprint density at radius 1 is 0.968 bits per heavy atom. The van der Waals surface area contributed by atoms with Crippen molar-refractivity contribution in [3.05, 3.63) is 101 Å². The van der Waals surface area contributed by atoms with Crippen LogP contribution in [-0.4, -0.2) is 29.8 Å². The third-order valence-corrected chi connectivity index (χ3v) is 6.55. The van der Waals surface area contributed by atoms with E-state index in [4.69, 9.17) is 4.74 Å². The van der Waals surface area contributed by atoms with E-state index in [1.54, 1.807) is 0 Å². The van der Waals surface area contributed by atoms with Crippen LogP contribution >= 0.6 is 0 Å². The molecule has 1 spiro atoms. The number of hydrogen-bond donors (Lipinski definition) is 1. The number of para-hydroxylation sites is 1. The molecule has 4 heteroatoms. The summed E-state index contributed by atoms with van der Waals surface area (Å²) < 4.78 is 6.70. The Bertz CT molecular complexity index is 1180. The molecule has 0 amide bonds. The maximum absolute atomic E-state index is 12.9. The second kappa shape index (κ2) is 7.10. The van der Waals surface area contributed by atoms with Crippen molar-refractivity contribution in [3.63, 3.8) is 0 Å². The molecule has 3 aromatic carbocycles. The number of carbonyl (C=O) groups excluding carboxylic acids is 1. The largest absolute Gasteiger partial charge is 0.463 e. The van der Waals surface area contributed by atoms with Gasteiger partial charge in [-0.2, -0.15) is 0 Å². The van der Waals surface area contributed by atoms with Gasteiger partial charge in [-0.25, -0.2) is 0 Å². The van der Waals surface area contributed by atoms with Crippen LogP contribution in [0.2, 0.25) is 0 Å². The van der Waals surface area contributed by atoms with Crippen LogP contribution in [0.25, 0.3) is 6.08 Å². The highest BCUT2D eigenvalue weighted by Gasteiger charge is 2.58. The molecule has 1 N–H and O–H groups in total. The summed E-state index contributed by atoms with van der Waals surface area (Å²) in [5, 5.41) is 9.78. The summed E-state index contributed by atoms with van der Waals surface area (Å²) in [5.74, 6) is 0.725. The van der Waals surface area contributed by atoms with Gasteiger partial charge in [-0.1, -0.05) is 48.5 Å². The predicted octanol–water partition coefficient (Wildman–Crippen LogP) is 4.81. The van der Waals surface area contributed by atoms with Crippen LogP contribution in [0.5, 0.6) is 5.75 Å². The number of aliphatic hydroxyl groups is 1. The fourth-order valence-electron chi connectivity index (χ4n) is 4.89. The molecule has 1 atom stereocenters. The highest BCUT2D eigenvalue weighted by molar-refractivity contribution is 6.09. The Morgan fingerprint density at radius 3 is 2.48 bits per heavy atom. The molecule has 2 aliphatic rings. The summed E-state index contributed by atoms with van der Waals surface area (Å²) in [6.45, 7) is 4.84. The first-order valence-electron chi connectivity index (χ1n) is 10.6. The number of carbonyl (C=O) groups is 1. The second-order valence-electron chi connectivity index (χ2n) is 8.60. The molecular weight excluding hydrogens is 386 g/mol. The minimum atomic E-state index is -0.753. The molecule has 156 valence electrons. The summed E-state index contributed by atoms with van der Waals surface area (Å²) in [6, 6.07) is 23.2. The van der Waals surface area contributed by atoms with Gasteiger partial charge in [0.25, 0.3) is 0 Å². The Labute approximate surface area is 182 Å². The molecule has 0 saturated heterocycles. The quantitative estimate of drug-likeness (QED) is 0.626. The van der Waals surface area contributed by atoms with E-state index in [1.165, 1.54) is 5.56 Å². The van der Waals surface area contributed by atoms with Crippen LogP contribution in [-0.2, 0) is 5.41 Å². The molecule has 5 rings (SSSR count). The molecule has 0 aromatic heterocycles. The zero-order valence-corrected chi connectivity index (χ0v) is 17.7. The number of nitrogens with zero attached hydrogens (tertiary/aromatic N) is 1. The number of β-amino-alcohol motifs (C(OH)–C–C–N with tert-alkyl or cyclic N) is 1. The number of aliphatic hydroxyl groups excluding tert-OH is 1. The van der Waals surface area contributed by atoms with Crippen molar-refractivity contribution in [2.45, 2.75) is 25.0 Å². The maximum atomic E-state index is 12.9. The van der Waals surface area contributed by atoms with E-state index in [0.29, 0.717) is 17.7 Å². The third-order valence-electron chi connectivity index (χ3n) is 6.55. The smallest absolute Gasteiger partial charge is 0.212 e. The van der Waals surface area contributed by atoms with E-state index in [-0.39, 0.29) is 17.8 Å². The lowest BCUT2D eigenvalue weighted by Crippen LogP contribution is -2.60. The Hall–Kier alpha value is -3.37. The number of anilines is 1. The third kappa shape index (κ3) is 2.82. The van der Waals surface area contributed by atoms with E-state index in [2.05, 4.69) is 37.0 Å². The lowest BCUT2D eigenvalue weighted by Gasteiger charge is -2.47. The Kier molecular flexibility index (Phi) is 4.49. The molecule has 2 heterocycles. The molecule has 0 fully saturated rings. The van der Waals surface area contributed by atoms with Gasteiger partial charge in [0.2, 0.25) is 5.72 Å². The van der Waals surface area contributed by atoms with Crippen molar-refractivity contribution in [1.82, 2.24) is 0 Å². The first kappa shape index (κ1) is 19.6. The Balaban J connectivity index is 1.55. The summed E-state index contributed by atoms with van der Waals surface area (Å²) in [4.78, 5) is 15.0. The lowest BCUT2D eigenvalue weighted by atomic mass is 9.76. The minimum absolute atomic E-state index is 0.00686. The van der Waals surface area contributed by atoms with Crippen LogP contribution < -0.4 is 9.64 Å². The summed E-state index contributed by atoms with van der Waals surface area (Å²) in [7, 11) is 0. The lowest BCUT2D eigenvalue weighted by molar-refractivity contribution is 0.0504. The van der Waals surface area contributed by atoms with Gasteiger partial charge in [0.1, 0.15) is 5.75 Å². The summed E-state index contributed by atoms with van der Waals surface area (Å²) in [6.07, 6.45) is 4.11. The Morgan fingerprint density at radius 2 is 1.71 bits per heavy atom. The van der Waals surface area contributed by atoms with Crippen molar-refractivity contribution in [1.29, 1.82) is 0 Å². The predicted molar refractivity (Wildman–Crippen MR) is 123 cm³/mol. The van der Waals surface area contributed by atoms with E-state index in [1.807, 2.05) is 66.7 Å². The molecule has 0 saturated carbocycles. The van der Waals surface area contributed by atoms with Crippen molar-refractivity contribution in [3.8, 4) is 5.75 Å². The second-order valence-corrected chi connectivity index (χ2v) is 8.60. The number of ketones is 1. The van der Waals surface area contributed by atoms with E-state index >= 15 is 0 Å². The van der Waals surface area contributed by atoms with Gasteiger partial charge in [0.15, 0.2) is 5.78 Å². The molecule has 0 bridgehead atoms. The topological polar surface area (TPSA) is 49.8 Å². The fourth-order valence-corrected chi connectivity index (χ4v) is 4.89. The normalized spacial score (nSPS) is 20.3. The number of hydrogen-bond acceptors (Lipinski definition) is 4. The fraction of sp³-hybridized carbons (Fsp3) is 0.222. The zero-order chi connectivity index (χ0) is 21.6. The van der Waals surface area contributed by atoms with Gasteiger partial charge < -0.3 is 14.7 Å². The van der Waals surface area contributed by atoms with E-state index in [9.17, 15) is 9.90 Å². The maximum Gasteiger partial charge on any atom is 0.212 e. The number of rotatable bonds is 4. The van der Waals surface area contributed by atoms with E-state index in [0.717, 1.165) is 17.0 Å². The van der Waals surface area contributed by atoms with Crippen LogP contribution in [0.3, 0.4) is 0 Å². The molecule has 0 radical (unpaired) electrons. The van der Waals surface area contributed by atoms with Gasteiger partial charge in [-0.3, -0.25) is 4.79 Å². The molecular formula is C27H25NO3. The van der Waals surface area contributed by atoms with Crippen LogP contribution in [0, 0.1) is 0 Å². The van der Waals surface area contributed by atoms with Crippen molar-refractivity contribution in [2.24, 2.45) is 0 Å². The van der Waals surface area contributed by atoms with Gasteiger partial charge in [0, 0.05) is 28.9 Å². The zero-order valence-electron chi connectivity index (χ0n) is 17.7. The SMILES string of the molecule is CC1(C)c2ccccc2N(CCO)C12C=Cc1cc(C(=O)c3ccccc3)ccc1O2. The first-order chi connectivity index (χ1) is 15.0. The summed E-state index contributed by atoms with van der Waals surface area (Å²) in [5.41, 5.74) is 3.35. The highest BCUT2D eigenvalue weighted by Crippen LogP contribution is 2.54. The minimum Gasteiger partial charge on any atom is -0.463 e. The van der Waals surface area contributed by atoms with Crippen molar-refractivity contribution in [2.75, 3.05) is 18.1 Å². The van der Waals surface area contributed by atoms with Gasteiger partial charge >= 0.3 is 0 Å². The van der Waals surface area contributed by atoms with E-state index < -0.39 is 5.72 Å². The number of ether oxygens (including phenoxy) is 1. The first-order valence-corrected chi connectivity index (χ1v) is 10.6. The molecule has 1 unspecified atom stereocenters. The van der Waals surface area contributed by atoms with Crippen molar-refractivity contribution >= 4 is 17.5 Å². The van der Waals surface area contributed by atoms with Crippen molar-refractivity contribution < 1.29 is 14.6 Å². The molecule has 2 aliphatic heterocycles. The molecule has 3 aromatic rings. The standard InChI is InChI=1S/C27H25NO3/c1-26(2)22-10-6-7-11-23(22)28(16-17-29)27(26)15-14-20-18-21(12-13-24(20)31-27)25(30)19-8-4-3-5-9-19/h3-15,18,29H,16-17H2,1-2H3.